The molecule has 0 aliphatic heterocycles. The molecule has 2 aromatic rings. The van der Waals surface area contributed by atoms with E-state index in [-0.39, 0.29) is 12.1 Å². The fourth-order valence-corrected chi connectivity index (χ4v) is 2.64. The molecule has 2 amide bonds. The van der Waals surface area contributed by atoms with E-state index in [0.29, 0.717) is 5.82 Å². The Morgan fingerprint density at radius 2 is 2.00 bits per heavy atom. The number of anilines is 1. The van der Waals surface area contributed by atoms with Crippen molar-refractivity contribution in [2.45, 2.75) is 26.3 Å². The number of urea groups is 1. The van der Waals surface area contributed by atoms with E-state index < -0.39 is 0 Å². The van der Waals surface area contributed by atoms with Crippen LogP contribution in [0, 0.1) is 6.92 Å². The number of aryl methyl sites for hydroxylation is 1. The highest BCUT2D eigenvalue weighted by Crippen LogP contribution is 2.18. The van der Waals surface area contributed by atoms with Crippen molar-refractivity contribution in [2.75, 3.05) is 17.3 Å². The molecule has 0 bridgehead atoms. The van der Waals surface area contributed by atoms with Gasteiger partial charge in [0.1, 0.15) is 0 Å². The Balaban J connectivity index is 1.93. The Labute approximate surface area is 141 Å². The molecule has 1 heterocycles. The van der Waals surface area contributed by atoms with Gasteiger partial charge in [0.05, 0.1) is 0 Å². The van der Waals surface area contributed by atoms with Crippen LogP contribution in [0.1, 0.15) is 19.0 Å². The largest absolute Gasteiger partial charge is 0.335 e. The van der Waals surface area contributed by atoms with Gasteiger partial charge in [0.15, 0.2) is 5.82 Å². The molecule has 1 aromatic carbocycles. The molecule has 1 aromatic heterocycles. The highest BCUT2D eigenvalue weighted by molar-refractivity contribution is 7.98. The summed E-state index contributed by atoms with van der Waals surface area (Å²) in [5, 5.41) is 5.77. The number of hydrogen-bond donors (Lipinski definition) is 2. The first-order valence-electron chi connectivity index (χ1n) is 7.55. The summed E-state index contributed by atoms with van der Waals surface area (Å²) >= 11 is 1.78. The predicted octanol–water partition coefficient (Wildman–Crippen LogP) is 3.72. The Kier molecular flexibility index (Phi) is 6.40. The van der Waals surface area contributed by atoms with Crippen LogP contribution in [0.3, 0.4) is 0 Å². The molecular weight excluding hydrogens is 308 g/mol. The highest BCUT2D eigenvalue weighted by Gasteiger charge is 2.07. The van der Waals surface area contributed by atoms with E-state index in [2.05, 4.69) is 26.9 Å². The monoisotopic (exact) mass is 330 g/mol. The van der Waals surface area contributed by atoms with Crippen LogP contribution in [0.5, 0.6) is 0 Å². The minimum absolute atomic E-state index is 0.155. The van der Waals surface area contributed by atoms with E-state index in [1.165, 1.54) is 0 Å². The smallest absolute Gasteiger partial charge is 0.319 e. The van der Waals surface area contributed by atoms with Crippen LogP contribution in [0.15, 0.2) is 36.5 Å². The number of carbonyl (C=O) groups is 1. The van der Waals surface area contributed by atoms with Gasteiger partial charge in [-0.05, 0) is 62.6 Å². The summed E-state index contributed by atoms with van der Waals surface area (Å²) in [5.74, 6) is 1.72. The van der Waals surface area contributed by atoms with Crippen molar-refractivity contribution in [3.63, 3.8) is 0 Å². The van der Waals surface area contributed by atoms with Crippen LogP contribution in [-0.4, -0.2) is 34.0 Å². The van der Waals surface area contributed by atoms with E-state index in [0.717, 1.165) is 29.1 Å². The number of nitrogens with one attached hydrogen (secondary N) is 2. The molecule has 0 aliphatic carbocycles. The van der Waals surface area contributed by atoms with Gasteiger partial charge in [-0.1, -0.05) is 0 Å². The third kappa shape index (κ3) is 5.56. The fraction of sp³-hybridized carbons (Fsp3) is 0.353. The normalized spacial score (nSPS) is 11.8. The molecule has 5 nitrogen and oxygen atoms in total. The second kappa shape index (κ2) is 8.53. The Hall–Kier alpha value is -2.08. The number of amides is 2. The summed E-state index contributed by atoms with van der Waals surface area (Å²) in [6.07, 6.45) is 4.76. The van der Waals surface area contributed by atoms with Crippen LogP contribution in [0.25, 0.3) is 11.4 Å². The molecule has 2 N–H and O–H groups in total. The topological polar surface area (TPSA) is 66.9 Å². The van der Waals surface area contributed by atoms with Crippen molar-refractivity contribution in [3.8, 4) is 11.4 Å². The first kappa shape index (κ1) is 17.3. The van der Waals surface area contributed by atoms with Crippen LogP contribution >= 0.6 is 11.8 Å². The summed E-state index contributed by atoms with van der Waals surface area (Å²) in [4.78, 5) is 20.6. The van der Waals surface area contributed by atoms with Crippen molar-refractivity contribution < 1.29 is 4.79 Å². The van der Waals surface area contributed by atoms with Gasteiger partial charge in [0, 0.05) is 29.2 Å². The SMILES string of the molecule is CSCC[C@H](C)NC(=O)Nc1ccc(-c2nccc(C)n2)cc1. The maximum atomic E-state index is 11.9. The van der Waals surface area contributed by atoms with E-state index in [9.17, 15) is 4.79 Å². The van der Waals surface area contributed by atoms with Gasteiger partial charge in [0.2, 0.25) is 0 Å². The molecule has 122 valence electrons. The third-order valence-electron chi connectivity index (χ3n) is 3.33. The summed E-state index contributed by atoms with van der Waals surface area (Å²) in [7, 11) is 0. The Morgan fingerprint density at radius 3 is 2.65 bits per heavy atom. The summed E-state index contributed by atoms with van der Waals surface area (Å²) in [6, 6.07) is 9.35. The minimum atomic E-state index is -0.182. The van der Waals surface area contributed by atoms with Crippen LogP contribution in [0.2, 0.25) is 0 Å². The molecular formula is C17H22N4OS. The molecule has 23 heavy (non-hydrogen) atoms. The average molecular weight is 330 g/mol. The number of thioether (sulfide) groups is 1. The van der Waals surface area contributed by atoms with Crippen molar-refractivity contribution >= 4 is 23.5 Å². The predicted molar refractivity (Wildman–Crippen MR) is 96.8 cm³/mol. The van der Waals surface area contributed by atoms with E-state index in [1.807, 2.05) is 44.2 Å². The van der Waals surface area contributed by atoms with E-state index >= 15 is 0 Å². The third-order valence-corrected chi connectivity index (χ3v) is 3.97. The molecule has 0 spiro atoms. The van der Waals surface area contributed by atoms with E-state index in [4.69, 9.17) is 0 Å². The van der Waals surface area contributed by atoms with Crippen LogP contribution < -0.4 is 10.6 Å². The van der Waals surface area contributed by atoms with Gasteiger partial charge < -0.3 is 10.6 Å². The molecule has 0 saturated heterocycles. The molecule has 0 saturated carbocycles. The lowest BCUT2D eigenvalue weighted by Crippen LogP contribution is -2.36. The zero-order valence-corrected chi connectivity index (χ0v) is 14.5. The number of aromatic nitrogens is 2. The number of benzene rings is 1. The number of carbonyl (C=O) groups excluding carboxylic acids is 1. The minimum Gasteiger partial charge on any atom is -0.335 e. The van der Waals surface area contributed by atoms with Gasteiger partial charge in [-0.3, -0.25) is 0 Å². The van der Waals surface area contributed by atoms with Gasteiger partial charge in [-0.2, -0.15) is 11.8 Å². The first-order chi connectivity index (χ1) is 11.1. The molecule has 0 aliphatic rings. The summed E-state index contributed by atoms with van der Waals surface area (Å²) in [6.45, 7) is 3.94. The number of nitrogens with zero attached hydrogens (tertiary/aromatic N) is 2. The van der Waals surface area contributed by atoms with E-state index in [1.54, 1.807) is 18.0 Å². The molecule has 0 fully saturated rings. The zero-order chi connectivity index (χ0) is 16.7. The maximum Gasteiger partial charge on any atom is 0.319 e. The van der Waals surface area contributed by atoms with Gasteiger partial charge in [-0.15, -0.1) is 0 Å². The lowest BCUT2D eigenvalue weighted by molar-refractivity contribution is 0.249. The maximum absolute atomic E-state index is 11.9. The van der Waals surface area contributed by atoms with Gasteiger partial charge in [0.25, 0.3) is 0 Å². The average Bonchev–Trinajstić information content (AvgIpc) is 2.53. The molecule has 0 radical (unpaired) electrons. The standard InChI is InChI=1S/C17H22N4OS/c1-12-8-10-18-16(19-12)14-4-6-15(7-5-14)21-17(22)20-13(2)9-11-23-3/h4-8,10,13H,9,11H2,1-3H3,(H2,20,21,22)/t13-/m0/s1. The summed E-state index contributed by atoms with van der Waals surface area (Å²) < 4.78 is 0. The van der Waals surface area contributed by atoms with Crippen molar-refractivity contribution in [1.82, 2.24) is 15.3 Å². The van der Waals surface area contributed by atoms with Crippen molar-refractivity contribution in [1.29, 1.82) is 0 Å². The first-order valence-corrected chi connectivity index (χ1v) is 8.94. The number of rotatable bonds is 6. The fourth-order valence-electron chi connectivity index (χ4n) is 2.05. The van der Waals surface area contributed by atoms with Gasteiger partial charge >= 0.3 is 6.03 Å². The molecule has 6 heteroatoms. The summed E-state index contributed by atoms with van der Waals surface area (Å²) in [5.41, 5.74) is 2.60. The quantitative estimate of drug-likeness (QED) is 0.847. The lowest BCUT2D eigenvalue weighted by Gasteiger charge is -2.14. The van der Waals surface area contributed by atoms with Gasteiger partial charge in [-0.25, -0.2) is 14.8 Å². The lowest BCUT2D eigenvalue weighted by atomic mass is 10.2. The molecule has 0 unspecified atom stereocenters. The Morgan fingerprint density at radius 1 is 1.26 bits per heavy atom. The van der Waals surface area contributed by atoms with Crippen LogP contribution in [-0.2, 0) is 0 Å². The number of hydrogen-bond acceptors (Lipinski definition) is 4. The molecule has 2 rings (SSSR count). The van der Waals surface area contributed by atoms with Crippen molar-refractivity contribution in [3.05, 3.63) is 42.2 Å². The Bertz CT molecular complexity index is 645. The van der Waals surface area contributed by atoms with Crippen molar-refractivity contribution in [2.24, 2.45) is 0 Å². The zero-order valence-electron chi connectivity index (χ0n) is 13.7. The second-order valence-electron chi connectivity index (χ2n) is 5.38. The highest BCUT2D eigenvalue weighted by atomic mass is 32.2. The molecule has 1 atom stereocenters. The second-order valence-corrected chi connectivity index (χ2v) is 6.37. The van der Waals surface area contributed by atoms with Crippen LogP contribution in [0.4, 0.5) is 10.5 Å².